The van der Waals surface area contributed by atoms with Gasteiger partial charge in [-0.15, -0.1) is 0 Å². The van der Waals surface area contributed by atoms with Crippen molar-refractivity contribution < 1.29 is 9.90 Å². The summed E-state index contributed by atoms with van der Waals surface area (Å²) >= 11 is 0. The van der Waals surface area contributed by atoms with Crippen molar-refractivity contribution in [1.29, 1.82) is 0 Å². The van der Waals surface area contributed by atoms with Gasteiger partial charge in [0, 0.05) is 11.6 Å². The van der Waals surface area contributed by atoms with Gasteiger partial charge in [0.1, 0.15) is 0 Å². The first-order chi connectivity index (χ1) is 8.38. The summed E-state index contributed by atoms with van der Waals surface area (Å²) in [4.78, 5) is 11.9. The molecule has 1 aromatic carbocycles. The van der Waals surface area contributed by atoms with Crippen molar-refractivity contribution in [3.63, 3.8) is 0 Å². The normalized spacial score (nSPS) is 13.1. The topological polar surface area (TPSA) is 49.3 Å². The van der Waals surface area contributed by atoms with E-state index in [0.717, 1.165) is 19.3 Å². The molecule has 0 bridgehead atoms. The van der Waals surface area contributed by atoms with Crippen molar-refractivity contribution >= 4 is 5.91 Å². The lowest BCUT2D eigenvalue weighted by Crippen LogP contribution is -2.32. The summed E-state index contributed by atoms with van der Waals surface area (Å²) in [6.45, 7) is 5.60. The summed E-state index contributed by atoms with van der Waals surface area (Å²) in [5.74, 6) is -0.0358. The molecule has 0 unspecified atom stereocenters. The molecule has 3 heteroatoms. The van der Waals surface area contributed by atoms with E-state index in [1.165, 1.54) is 0 Å². The van der Waals surface area contributed by atoms with E-state index in [1.54, 1.807) is 26.0 Å². The minimum absolute atomic E-state index is 0.0358. The Bertz CT molecular complexity index is 368. The molecule has 1 amide bonds. The van der Waals surface area contributed by atoms with Gasteiger partial charge in [-0.3, -0.25) is 4.79 Å². The quantitative estimate of drug-likeness (QED) is 0.814. The highest BCUT2D eigenvalue weighted by Gasteiger charge is 2.14. The van der Waals surface area contributed by atoms with Crippen LogP contribution in [0, 0.1) is 0 Å². The van der Waals surface area contributed by atoms with Crippen LogP contribution >= 0.6 is 0 Å². The van der Waals surface area contributed by atoms with Gasteiger partial charge in [-0.25, -0.2) is 0 Å². The summed E-state index contributed by atoms with van der Waals surface area (Å²) in [7, 11) is 0. The van der Waals surface area contributed by atoms with Crippen LogP contribution in [0.3, 0.4) is 0 Å². The molecule has 2 N–H and O–H groups in total. The van der Waals surface area contributed by atoms with E-state index in [4.69, 9.17) is 0 Å². The molecule has 0 aliphatic carbocycles. The van der Waals surface area contributed by atoms with Crippen molar-refractivity contribution in [3.05, 3.63) is 35.9 Å². The molecule has 0 radical (unpaired) electrons. The Kier molecular flexibility index (Phi) is 5.35. The molecule has 0 saturated carbocycles. The summed E-state index contributed by atoms with van der Waals surface area (Å²) < 4.78 is 0. The van der Waals surface area contributed by atoms with Crippen LogP contribution in [-0.2, 0) is 0 Å². The zero-order valence-electron chi connectivity index (χ0n) is 11.4. The van der Waals surface area contributed by atoms with Gasteiger partial charge in [0.15, 0.2) is 0 Å². The average Bonchev–Trinajstić information content (AvgIpc) is 2.28. The van der Waals surface area contributed by atoms with Crippen molar-refractivity contribution in [2.24, 2.45) is 0 Å². The molecule has 0 heterocycles. The van der Waals surface area contributed by atoms with Crippen molar-refractivity contribution in [2.75, 3.05) is 0 Å². The molecule has 0 aliphatic heterocycles. The molecule has 0 aliphatic rings. The summed E-state index contributed by atoms with van der Waals surface area (Å²) in [6, 6.07) is 9.34. The summed E-state index contributed by atoms with van der Waals surface area (Å²) in [5.41, 5.74) is 0.0650. The van der Waals surface area contributed by atoms with E-state index in [1.807, 2.05) is 25.1 Å². The Morgan fingerprint density at radius 1 is 1.33 bits per heavy atom. The maximum atomic E-state index is 11.9. The Hall–Kier alpha value is -1.35. The van der Waals surface area contributed by atoms with E-state index < -0.39 is 5.60 Å². The standard InChI is InChI=1S/C15H23NO2/c1-12(8-7-11-15(2,3)18)16-14(17)13-9-5-4-6-10-13/h4-6,9-10,12,18H,7-8,11H2,1-3H3,(H,16,17)/t12-/m0/s1. The lowest BCUT2D eigenvalue weighted by molar-refractivity contribution is 0.0674. The predicted molar refractivity (Wildman–Crippen MR) is 73.5 cm³/mol. The van der Waals surface area contributed by atoms with Crippen LogP contribution < -0.4 is 5.32 Å². The molecule has 100 valence electrons. The lowest BCUT2D eigenvalue weighted by atomic mass is 9.99. The number of nitrogens with one attached hydrogen (secondary N) is 1. The maximum absolute atomic E-state index is 11.9. The minimum Gasteiger partial charge on any atom is -0.390 e. The van der Waals surface area contributed by atoms with Crippen LogP contribution in [0.4, 0.5) is 0 Å². The van der Waals surface area contributed by atoms with Gasteiger partial charge >= 0.3 is 0 Å². The number of hydrogen-bond donors (Lipinski definition) is 2. The van der Waals surface area contributed by atoms with Gasteiger partial charge in [0.25, 0.3) is 5.91 Å². The highest BCUT2D eigenvalue weighted by atomic mass is 16.3. The first-order valence-corrected chi connectivity index (χ1v) is 6.47. The second-order valence-electron chi connectivity index (χ2n) is 5.45. The summed E-state index contributed by atoms with van der Waals surface area (Å²) in [6.07, 6.45) is 2.53. The van der Waals surface area contributed by atoms with Crippen molar-refractivity contribution in [3.8, 4) is 0 Å². The molecule has 0 spiro atoms. The van der Waals surface area contributed by atoms with Gasteiger partial charge in [-0.1, -0.05) is 18.2 Å². The second kappa shape index (κ2) is 6.55. The monoisotopic (exact) mass is 249 g/mol. The van der Waals surface area contributed by atoms with E-state index in [-0.39, 0.29) is 11.9 Å². The number of carbonyl (C=O) groups is 1. The zero-order chi connectivity index (χ0) is 13.6. The minimum atomic E-state index is -0.622. The third-order valence-electron chi connectivity index (χ3n) is 2.84. The third-order valence-corrected chi connectivity index (χ3v) is 2.84. The number of aliphatic hydroxyl groups is 1. The molecule has 0 fully saturated rings. The zero-order valence-corrected chi connectivity index (χ0v) is 11.4. The van der Waals surface area contributed by atoms with Crippen LogP contribution in [0.2, 0.25) is 0 Å². The molecule has 1 atom stereocenters. The van der Waals surface area contributed by atoms with Gasteiger partial charge in [-0.2, -0.15) is 0 Å². The van der Waals surface area contributed by atoms with E-state index in [9.17, 15) is 9.90 Å². The Balaban J connectivity index is 2.32. The van der Waals surface area contributed by atoms with E-state index in [2.05, 4.69) is 5.32 Å². The number of hydrogen-bond acceptors (Lipinski definition) is 2. The van der Waals surface area contributed by atoms with E-state index >= 15 is 0 Å². The number of rotatable bonds is 6. The fourth-order valence-electron chi connectivity index (χ4n) is 1.81. The van der Waals surface area contributed by atoms with Crippen LogP contribution in [0.25, 0.3) is 0 Å². The van der Waals surface area contributed by atoms with Crippen LogP contribution in [0.1, 0.15) is 50.4 Å². The molecule has 0 aromatic heterocycles. The summed E-state index contributed by atoms with van der Waals surface area (Å²) in [5, 5.41) is 12.6. The molecule has 1 aromatic rings. The molecule has 3 nitrogen and oxygen atoms in total. The Morgan fingerprint density at radius 2 is 1.94 bits per heavy atom. The lowest BCUT2D eigenvalue weighted by Gasteiger charge is -2.19. The molecule has 18 heavy (non-hydrogen) atoms. The van der Waals surface area contributed by atoms with Crippen molar-refractivity contribution in [2.45, 2.75) is 51.7 Å². The largest absolute Gasteiger partial charge is 0.390 e. The number of carbonyl (C=O) groups excluding carboxylic acids is 1. The first kappa shape index (κ1) is 14.7. The van der Waals surface area contributed by atoms with Gasteiger partial charge in [-0.05, 0) is 52.2 Å². The fraction of sp³-hybridized carbons (Fsp3) is 0.533. The smallest absolute Gasteiger partial charge is 0.251 e. The molecular weight excluding hydrogens is 226 g/mol. The number of benzene rings is 1. The maximum Gasteiger partial charge on any atom is 0.251 e. The second-order valence-corrected chi connectivity index (χ2v) is 5.45. The molecule has 0 saturated heterocycles. The average molecular weight is 249 g/mol. The Morgan fingerprint density at radius 3 is 2.50 bits per heavy atom. The van der Waals surface area contributed by atoms with Gasteiger partial charge in [0.05, 0.1) is 5.60 Å². The fourth-order valence-corrected chi connectivity index (χ4v) is 1.81. The van der Waals surface area contributed by atoms with Crippen LogP contribution in [-0.4, -0.2) is 22.7 Å². The molecular formula is C15H23NO2. The highest BCUT2D eigenvalue weighted by Crippen LogP contribution is 2.13. The SMILES string of the molecule is C[C@@H](CCCC(C)(C)O)NC(=O)c1ccccc1. The van der Waals surface area contributed by atoms with Crippen LogP contribution in [0.15, 0.2) is 30.3 Å². The third kappa shape index (κ3) is 5.82. The predicted octanol–water partition coefficient (Wildman–Crippen LogP) is 2.75. The Labute approximate surface area is 109 Å². The first-order valence-electron chi connectivity index (χ1n) is 6.47. The van der Waals surface area contributed by atoms with Gasteiger partial charge < -0.3 is 10.4 Å². The van der Waals surface area contributed by atoms with Gasteiger partial charge in [0.2, 0.25) is 0 Å². The van der Waals surface area contributed by atoms with Crippen molar-refractivity contribution in [1.82, 2.24) is 5.32 Å². The highest BCUT2D eigenvalue weighted by molar-refractivity contribution is 5.94. The van der Waals surface area contributed by atoms with Crippen LogP contribution in [0.5, 0.6) is 0 Å². The molecule has 1 rings (SSSR count). The number of amides is 1. The van der Waals surface area contributed by atoms with E-state index in [0.29, 0.717) is 5.56 Å².